The standard InChI is InChI=1S/C6H5N3S/c7-3-5(4-8)6-9-1-2-10-6/h9H,1-2H2. The molecule has 0 aliphatic carbocycles. The van der Waals surface area contributed by atoms with Gasteiger partial charge in [0, 0.05) is 12.3 Å². The van der Waals surface area contributed by atoms with Gasteiger partial charge in [-0.1, -0.05) is 0 Å². The molecule has 1 aliphatic rings. The minimum atomic E-state index is 0.197. The first-order valence-corrected chi connectivity index (χ1v) is 3.78. The van der Waals surface area contributed by atoms with Crippen LogP contribution >= 0.6 is 11.8 Å². The van der Waals surface area contributed by atoms with E-state index < -0.39 is 0 Å². The lowest BCUT2D eigenvalue weighted by atomic mass is 10.3. The molecule has 0 aromatic rings. The van der Waals surface area contributed by atoms with Crippen LogP contribution in [-0.4, -0.2) is 12.3 Å². The van der Waals surface area contributed by atoms with E-state index in [4.69, 9.17) is 10.5 Å². The molecule has 0 unspecified atom stereocenters. The lowest BCUT2D eigenvalue weighted by Crippen LogP contribution is -2.05. The van der Waals surface area contributed by atoms with Crippen molar-refractivity contribution in [1.82, 2.24) is 5.32 Å². The molecule has 0 bridgehead atoms. The van der Waals surface area contributed by atoms with E-state index in [1.165, 1.54) is 11.8 Å². The average Bonchev–Trinajstić information content (AvgIpc) is 2.43. The third-order valence-electron chi connectivity index (χ3n) is 1.08. The van der Waals surface area contributed by atoms with Crippen LogP contribution in [0, 0.1) is 22.7 Å². The largest absolute Gasteiger partial charge is 0.377 e. The van der Waals surface area contributed by atoms with Gasteiger partial charge in [-0.3, -0.25) is 0 Å². The topological polar surface area (TPSA) is 59.6 Å². The van der Waals surface area contributed by atoms with Gasteiger partial charge in [-0.2, -0.15) is 10.5 Å². The van der Waals surface area contributed by atoms with Gasteiger partial charge < -0.3 is 5.32 Å². The van der Waals surface area contributed by atoms with E-state index in [1.54, 1.807) is 0 Å². The Morgan fingerprint density at radius 1 is 1.50 bits per heavy atom. The predicted octanol–water partition coefficient (Wildman–Crippen LogP) is 0.582. The molecule has 0 saturated carbocycles. The summed E-state index contributed by atoms with van der Waals surface area (Å²) in [7, 11) is 0. The summed E-state index contributed by atoms with van der Waals surface area (Å²) in [6, 6.07) is 3.66. The highest BCUT2D eigenvalue weighted by atomic mass is 32.2. The van der Waals surface area contributed by atoms with Crippen LogP contribution in [0.4, 0.5) is 0 Å². The van der Waals surface area contributed by atoms with Gasteiger partial charge >= 0.3 is 0 Å². The number of nitrogens with one attached hydrogen (secondary N) is 1. The molecule has 0 spiro atoms. The smallest absolute Gasteiger partial charge is 0.159 e. The van der Waals surface area contributed by atoms with Crippen LogP contribution in [0.2, 0.25) is 0 Å². The minimum Gasteiger partial charge on any atom is -0.377 e. The summed E-state index contributed by atoms with van der Waals surface area (Å²) >= 11 is 1.52. The summed E-state index contributed by atoms with van der Waals surface area (Å²) in [5.41, 5.74) is 0.197. The fourth-order valence-electron chi connectivity index (χ4n) is 0.656. The molecule has 0 aromatic carbocycles. The van der Waals surface area contributed by atoms with Crippen molar-refractivity contribution in [3.8, 4) is 12.1 Å². The van der Waals surface area contributed by atoms with E-state index in [0.29, 0.717) is 0 Å². The van der Waals surface area contributed by atoms with E-state index in [2.05, 4.69) is 5.32 Å². The van der Waals surface area contributed by atoms with Crippen LogP contribution in [0.1, 0.15) is 0 Å². The Morgan fingerprint density at radius 3 is 2.60 bits per heavy atom. The van der Waals surface area contributed by atoms with E-state index in [0.717, 1.165) is 17.3 Å². The van der Waals surface area contributed by atoms with Gasteiger partial charge in [0.25, 0.3) is 0 Å². The Bertz CT molecular complexity index is 219. The highest BCUT2D eigenvalue weighted by Crippen LogP contribution is 2.20. The van der Waals surface area contributed by atoms with Gasteiger partial charge in [0.05, 0.1) is 5.03 Å². The molecule has 0 aromatic heterocycles. The van der Waals surface area contributed by atoms with E-state index in [1.807, 2.05) is 12.1 Å². The molecule has 0 atom stereocenters. The molecule has 0 radical (unpaired) electrons. The maximum absolute atomic E-state index is 8.40. The molecule has 1 N–H and O–H groups in total. The van der Waals surface area contributed by atoms with Crippen molar-refractivity contribution in [3.63, 3.8) is 0 Å². The average molecular weight is 151 g/mol. The second-order valence-electron chi connectivity index (χ2n) is 1.70. The number of nitriles is 2. The summed E-state index contributed by atoms with van der Waals surface area (Å²) in [4.78, 5) is 0. The van der Waals surface area contributed by atoms with Crippen LogP contribution in [0.3, 0.4) is 0 Å². The lowest BCUT2D eigenvalue weighted by molar-refractivity contribution is 0.943. The van der Waals surface area contributed by atoms with Crippen molar-refractivity contribution in [2.75, 3.05) is 12.3 Å². The van der Waals surface area contributed by atoms with E-state index in [-0.39, 0.29) is 5.57 Å². The van der Waals surface area contributed by atoms with Gasteiger partial charge in [0.2, 0.25) is 0 Å². The van der Waals surface area contributed by atoms with Crippen molar-refractivity contribution in [1.29, 1.82) is 10.5 Å². The third kappa shape index (κ3) is 1.23. The molecule has 3 nitrogen and oxygen atoms in total. The summed E-state index contributed by atoms with van der Waals surface area (Å²) < 4.78 is 0. The number of thioether (sulfide) groups is 1. The van der Waals surface area contributed by atoms with Crippen molar-refractivity contribution in [2.24, 2.45) is 0 Å². The first-order chi connectivity index (χ1) is 4.88. The van der Waals surface area contributed by atoms with Crippen LogP contribution in [-0.2, 0) is 0 Å². The summed E-state index contributed by atoms with van der Waals surface area (Å²) in [6.45, 7) is 0.854. The van der Waals surface area contributed by atoms with Gasteiger partial charge in [-0.05, 0) is 0 Å². The Hall–Kier alpha value is -1.13. The van der Waals surface area contributed by atoms with Crippen LogP contribution in [0.15, 0.2) is 10.6 Å². The fourth-order valence-corrected chi connectivity index (χ4v) is 1.50. The van der Waals surface area contributed by atoms with Crippen LogP contribution in [0.5, 0.6) is 0 Å². The molecule has 1 fully saturated rings. The SMILES string of the molecule is N#CC(C#N)=C1NCCS1. The highest BCUT2D eigenvalue weighted by Gasteiger charge is 2.11. The highest BCUT2D eigenvalue weighted by molar-refractivity contribution is 8.03. The molecule has 1 aliphatic heterocycles. The number of hydrogen-bond donors (Lipinski definition) is 1. The second-order valence-corrected chi connectivity index (χ2v) is 2.81. The van der Waals surface area contributed by atoms with Crippen LogP contribution < -0.4 is 5.32 Å². The summed E-state index contributed by atoms with van der Waals surface area (Å²) in [5.74, 6) is 0.947. The number of allylic oxidation sites excluding steroid dienone is 1. The third-order valence-corrected chi connectivity index (χ3v) is 2.13. The van der Waals surface area contributed by atoms with Crippen molar-refractivity contribution in [3.05, 3.63) is 10.6 Å². The molecule has 10 heavy (non-hydrogen) atoms. The van der Waals surface area contributed by atoms with Gasteiger partial charge in [0.15, 0.2) is 5.57 Å². The molecular formula is C6H5N3S. The Balaban J connectivity index is 2.85. The van der Waals surface area contributed by atoms with E-state index in [9.17, 15) is 0 Å². The molecule has 1 rings (SSSR count). The Morgan fingerprint density at radius 2 is 2.20 bits per heavy atom. The Kier molecular flexibility index (Phi) is 2.20. The van der Waals surface area contributed by atoms with Crippen molar-refractivity contribution in [2.45, 2.75) is 0 Å². The Labute approximate surface area is 63.3 Å². The summed E-state index contributed by atoms with van der Waals surface area (Å²) in [5, 5.41) is 20.5. The van der Waals surface area contributed by atoms with Crippen molar-refractivity contribution >= 4 is 11.8 Å². The van der Waals surface area contributed by atoms with Gasteiger partial charge in [0.1, 0.15) is 12.1 Å². The zero-order chi connectivity index (χ0) is 7.40. The molecule has 4 heteroatoms. The fraction of sp³-hybridized carbons (Fsp3) is 0.333. The first-order valence-electron chi connectivity index (χ1n) is 2.79. The maximum atomic E-state index is 8.40. The maximum Gasteiger partial charge on any atom is 0.159 e. The molecule has 50 valence electrons. The normalized spacial score (nSPS) is 15.2. The number of rotatable bonds is 0. The number of nitrogens with zero attached hydrogens (tertiary/aromatic N) is 2. The van der Waals surface area contributed by atoms with Crippen molar-refractivity contribution < 1.29 is 0 Å². The first kappa shape index (κ1) is 6.98. The zero-order valence-corrected chi connectivity index (χ0v) is 6.03. The van der Waals surface area contributed by atoms with E-state index >= 15 is 0 Å². The quantitative estimate of drug-likeness (QED) is 0.514. The monoisotopic (exact) mass is 151 g/mol. The predicted molar refractivity (Wildman–Crippen MR) is 38.7 cm³/mol. The lowest BCUT2D eigenvalue weighted by Gasteiger charge is -1.92. The van der Waals surface area contributed by atoms with Gasteiger partial charge in [-0.15, -0.1) is 11.8 Å². The molecular weight excluding hydrogens is 146 g/mol. The van der Waals surface area contributed by atoms with Gasteiger partial charge in [-0.25, -0.2) is 0 Å². The molecule has 0 amide bonds. The summed E-state index contributed by atoms with van der Waals surface area (Å²) in [6.07, 6.45) is 0. The molecule has 1 saturated heterocycles. The van der Waals surface area contributed by atoms with Crippen LogP contribution in [0.25, 0.3) is 0 Å². The number of hydrogen-bond acceptors (Lipinski definition) is 4. The molecule has 1 heterocycles. The zero-order valence-electron chi connectivity index (χ0n) is 5.22. The minimum absolute atomic E-state index is 0.197. The second kappa shape index (κ2) is 3.14.